The van der Waals surface area contributed by atoms with Crippen molar-refractivity contribution in [2.45, 2.75) is 13.3 Å². The summed E-state index contributed by atoms with van der Waals surface area (Å²) in [5, 5.41) is 9.42. The lowest BCUT2D eigenvalue weighted by Crippen LogP contribution is -1.98. The van der Waals surface area contributed by atoms with Gasteiger partial charge in [0.2, 0.25) is 0 Å². The molecule has 3 N–H and O–H groups in total. The van der Waals surface area contributed by atoms with Gasteiger partial charge in [0.05, 0.1) is 6.61 Å². The zero-order valence-electron chi connectivity index (χ0n) is 7.79. The van der Waals surface area contributed by atoms with Gasteiger partial charge in [-0.2, -0.15) is 0 Å². The molecule has 0 saturated carbocycles. The minimum Gasteiger partial charge on any atom is -0.508 e. The number of rotatable bonds is 4. The van der Waals surface area contributed by atoms with Gasteiger partial charge in [-0.15, -0.1) is 0 Å². The van der Waals surface area contributed by atoms with Gasteiger partial charge in [-0.05, 0) is 37.1 Å². The van der Waals surface area contributed by atoms with E-state index in [2.05, 4.69) is 0 Å². The molecule has 0 aliphatic rings. The molecule has 3 heteroatoms. The molecule has 0 unspecified atom stereocenters. The van der Waals surface area contributed by atoms with E-state index >= 15 is 0 Å². The van der Waals surface area contributed by atoms with Crippen LogP contribution in [0.4, 0.5) is 5.69 Å². The Balaban J connectivity index is 2.59. The van der Waals surface area contributed by atoms with Crippen LogP contribution < -0.4 is 5.73 Å². The molecule has 13 heavy (non-hydrogen) atoms. The van der Waals surface area contributed by atoms with Crippen LogP contribution in [-0.4, -0.2) is 18.3 Å². The number of hydrogen-bond acceptors (Lipinski definition) is 3. The highest BCUT2D eigenvalue weighted by molar-refractivity contribution is 5.47. The SMILES string of the molecule is CCOCCc1cc(N)ccc1O. The third kappa shape index (κ3) is 2.95. The largest absolute Gasteiger partial charge is 0.508 e. The molecule has 0 atom stereocenters. The number of anilines is 1. The van der Waals surface area contributed by atoms with E-state index in [0.29, 0.717) is 25.3 Å². The number of nitrogens with two attached hydrogens (primary N) is 1. The van der Waals surface area contributed by atoms with Crippen molar-refractivity contribution in [2.24, 2.45) is 0 Å². The number of hydrogen-bond donors (Lipinski definition) is 2. The Labute approximate surface area is 78.1 Å². The van der Waals surface area contributed by atoms with Gasteiger partial charge in [0.15, 0.2) is 0 Å². The van der Waals surface area contributed by atoms with E-state index in [1.807, 2.05) is 6.92 Å². The van der Waals surface area contributed by atoms with E-state index in [0.717, 1.165) is 5.56 Å². The maximum Gasteiger partial charge on any atom is 0.119 e. The Morgan fingerprint density at radius 2 is 2.23 bits per heavy atom. The fourth-order valence-electron chi connectivity index (χ4n) is 1.13. The van der Waals surface area contributed by atoms with Gasteiger partial charge in [-0.1, -0.05) is 0 Å². The average Bonchev–Trinajstić information content (AvgIpc) is 2.11. The highest BCUT2D eigenvalue weighted by atomic mass is 16.5. The van der Waals surface area contributed by atoms with Crippen LogP contribution in [0.15, 0.2) is 18.2 Å². The fraction of sp³-hybridized carbons (Fsp3) is 0.400. The van der Waals surface area contributed by atoms with E-state index in [1.165, 1.54) is 0 Å². The smallest absolute Gasteiger partial charge is 0.119 e. The van der Waals surface area contributed by atoms with E-state index in [1.54, 1.807) is 18.2 Å². The van der Waals surface area contributed by atoms with Gasteiger partial charge >= 0.3 is 0 Å². The van der Waals surface area contributed by atoms with Gasteiger partial charge < -0.3 is 15.6 Å². The molecule has 3 nitrogen and oxygen atoms in total. The zero-order chi connectivity index (χ0) is 9.68. The lowest BCUT2D eigenvalue weighted by atomic mass is 10.1. The standard InChI is InChI=1S/C10H15NO2/c1-2-13-6-5-8-7-9(11)3-4-10(8)12/h3-4,7,12H,2,5-6,11H2,1H3. The van der Waals surface area contributed by atoms with Crippen molar-refractivity contribution in [3.63, 3.8) is 0 Å². The number of phenolic OH excluding ortho intramolecular Hbond substituents is 1. The van der Waals surface area contributed by atoms with Gasteiger partial charge in [-0.25, -0.2) is 0 Å². The minimum absolute atomic E-state index is 0.286. The van der Waals surface area contributed by atoms with Crippen molar-refractivity contribution in [3.8, 4) is 5.75 Å². The minimum atomic E-state index is 0.286. The van der Waals surface area contributed by atoms with Crippen molar-refractivity contribution in [3.05, 3.63) is 23.8 Å². The predicted molar refractivity (Wildman–Crippen MR) is 52.7 cm³/mol. The van der Waals surface area contributed by atoms with Crippen LogP contribution in [0.1, 0.15) is 12.5 Å². The summed E-state index contributed by atoms with van der Waals surface area (Å²) in [5.41, 5.74) is 7.09. The molecular formula is C10H15NO2. The van der Waals surface area contributed by atoms with Crippen LogP contribution in [0.5, 0.6) is 5.75 Å². The molecule has 0 spiro atoms. The fourth-order valence-corrected chi connectivity index (χ4v) is 1.13. The summed E-state index contributed by atoms with van der Waals surface area (Å²) in [6.07, 6.45) is 0.699. The first-order valence-electron chi connectivity index (χ1n) is 4.39. The molecule has 0 aromatic heterocycles. The molecule has 0 bridgehead atoms. The topological polar surface area (TPSA) is 55.5 Å². The van der Waals surface area contributed by atoms with E-state index in [4.69, 9.17) is 10.5 Å². The summed E-state index contributed by atoms with van der Waals surface area (Å²) in [7, 11) is 0. The first-order valence-corrected chi connectivity index (χ1v) is 4.39. The van der Waals surface area contributed by atoms with Crippen molar-refractivity contribution in [1.29, 1.82) is 0 Å². The van der Waals surface area contributed by atoms with Crippen LogP contribution in [-0.2, 0) is 11.2 Å². The Morgan fingerprint density at radius 3 is 2.92 bits per heavy atom. The monoisotopic (exact) mass is 181 g/mol. The van der Waals surface area contributed by atoms with Gasteiger partial charge in [-0.3, -0.25) is 0 Å². The summed E-state index contributed by atoms with van der Waals surface area (Å²) in [6.45, 7) is 3.26. The first kappa shape index (κ1) is 9.86. The molecule has 0 aliphatic heterocycles. The van der Waals surface area contributed by atoms with Crippen molar-refractivity contribution < 1.29 is 9.84 Å². The summed E-state index contributed by atoms with van der Waals surface area (Å²) < 4.78 is 5.18. The normalized spacial score (nSPS) is 10.2. The Morgan fingerprint density at radius 1 is 1.46 bits per heavy atom. The second kappa shape index (κ2) is 4.72. The number of phenols is 1. The number of nitrogen functional groups attached to an aromatic ring is 1. The summed E-state index contributed by atoms with van der Waals surface area (Å²) in [6, 6.07) is 5.06. The molecule has 0 saturated heterocycles. The molecule has 0 radical (unpaired) electrons. The third-order valence-electron chi connectivity index (χ3n) is 1.82. The van der Waals surface area contributed by atoms with E-state index < -0.39 is 0 Å². The molecule has 0 amide bonds. The van der Waals surface area contributed by atoms with Gasteiger partial charge in [0.1, 0.15) is 5.75 Å². The first-order chi connectivity index (χ1) is 6.24. The molecule has 0 aliphatic carbocycles. The van der Waals surface area contributed by atoms with Crippen molar-refractivity contribution in [1.82, 2.24) is 0 Å². The van der Waals surface area contributed by atoms with Crippen molar-refractivity contribution in [2.75, 3.05) is 18.9 Å². The Hall–Kier alpha value is -1.22. The molecule has 0 fully saturated rings. The summed E-state index contributed by atoms with van der Waals surface area (Å²) in [5.74, 6) is 0.286. The predicted octanol–water partition coefficient (Wildman–Crippen LogP) is 1.55. The molecular weight excluding hydrogens is 166 g/mol. The zero-order valence-corrected chi connectivity index (χ0v) is 7.79. The second-order valence-electron chi connectivity index (χ2n) is 2.84. The second-order valence-corrected chi connectivity index (χ2v) is 2.84. The van der Waals surface area contributed by atoms with Crippen LogP contribution in [0.2, 0.25) is 0 Å². The molecule has 1 rings (SSSR count). The molecule has 1 aromatic carbocycles. The van der Waals surface area contributed by atoms with Crippen LogP contribution in [0, 0.1) is 0 Å². The van der Waals surface area contributed by atoms with E-state index in [-0.39, 0.29) is 5.75 Å². The van der Waals surface area contributed by atoms with Gasteiger partial charge in [0.25, 0.3) is 0 Å². The summed E-state index contributed by atoms with van der Waals surface area (Å²) >= 11 is 0. The highest BCUT2D eigenvalue weighted by Gasteiger charge is 2.00. The highest BCUT2D eigenvalue weighted by Crippen LogP contribution is 2.19. The van der Waals surface area contributed by atoms with Gasteiger partial charge in [0, 0.05) is 12.3 Å². The molecule has 72 valence electrons. The molecule has 0 heterocycles. The molecule has 1 aromatic rings. The maximum atomic E-state index is 9.42. The van der Waals surface area contributed by atoms with Crippen LogP contribution >= 0.6 is 0 Å². The number of benzene rings is 1. The van der Waals surface area contributed by atoms with E-state index in [9.17, 15) is 5.11 Å². The van der Waals surface area contributed by atoms with Crippen LogP contribution in [0.3, 0.4) is 0 Å². The lowest BCUT2D eigenvalue weighted by molar-refractivity contribution is 0.150. The average molecular weight is 181 g/mol. The lowest BCUT2D eigenvalue weighted by Gasteiger charge is -2.05. The van der Waals surface area contributed by atoms with Crippen molar-refractivity contribution >= 4 is 5.69 Å². The number of ether oxygens (including phenoxy) is 1. The maximum absolute atomic E-state index is 9.42. The van der Waals surface area contributed by atoms with Crippen LogP contribution in [0.25, 0.3) is 0 Å². The summed E-state index contributed by atoms with van der Waals surface area (Å²) in [4.78, 5) is 0. The Bertz CT molecular complexity index is 274. The number of aromatic hydroxyl groups is 1. The Kier molecular flexibility index (Phi) is 3.58. The quantitative estimate of drug-likeness (QED) is 0.421. The third-order valence-corrected chi connectivity index (χ3v) is 1.82.